The SMILES string of the molecule is COc1cc(C)c(-c2nc3ccccc3c(=O)n2N=Cc2cc(C)n(-c3ccc(Sc4ccc([N+](=O)[O-])cc4)cc3)c2C)cc1C(C)C. The first-order valence-corrected chi connectivity index (χ1v) is 16.3. The zero-order valence-electron chi connectivity index (χ0n) is 27.6. The van der Waals surface area contributed by atoms with Crippen molar-refractivity contribution in [3.8, 4) is 22.8 Å². The molecule has 6 rings (SSSR count). The van der Waals surface area contributed by atoms with Crippen LogP contribution in [0.4, 0.5) is 5.69 Å². The van der Waals surface area contributed by atoms with E-state index in [0.717, 1.165) is 54.9 Å². The summed E-state index contributed by atoms with van der Waals surface area (Å²) in [7, 11) is 1.67. The summed E-state index contributed by atoms with van der Waals surface area (Å²) in [5.74, 6) is 1.46. The summed E-state index contributed by atoms with van der Waals surface area (Å²) >= 11 is 1.54. The molecular formula is C38H35N5O4S. The third-order valence-corrected chi connectivity index (χ3v) is 9.37. The van der Waals surface area contributed by atoms with Crippen molar-refractivity contribution in [2.45, 2.75) is 50.3 Å². The Morgan fingerprint density at radius 3 is 2.25 bits per heavy atom. The lowest BCUT2D eigenvalue weighted by molar-refractivity contribution is -0.384. The Kier molecular flexibility index (Phi) is 9.01. The summed E-state index contributed by atoms with van der Waals surface area (Å²) < 4.78 is 9.22. The molecular weight excluding hydrogens is 623 g/mol. The minimum atomic E-state index is -0.399. The largest absolute Gasteiger partial charge is 0.496 e. The molecule has 6 aromatic rings. The van der Waals surface area contributed by atoms with Crippen LogP contribution >= 0.6 is 11.8 Å². The molecule has 2 aromatic heterocycles. The first kappa shape index (κ1) is 32.5. The van der Waals surface area contributed by atoms with Crippen molar-refractivity contribution >= 4 is 34.6 Å². The van der Waals surface area contributed by atoms with E-state index in [1.165, 1.54) is 28.6 Å². The highest BCUT2D eigenvalue weighted by atomic mass is 32.2. The second-order valence-electron chi connectivity index (χ2n) is 11.9. The van der Waals surface area contributed by atoms with Gasteiger partial charge in [-0.15, -0.1) is 0 Å². The molecule has 0 saturated heterocycles. The zero-order valence-corrected chi connectivity index (χ0v) is 28.4. The Morgan fingerprint density at radius 2 is 1.60 bits per heavy atom. The number of benzene rings is 4. The molecule has 48 heavy (non-hydrogen) atoms. The van der Waals surface area contributed by atoms with Crippen molar-refractivity contribution in [2.75, 3.05) is 7.11 Å². The number of ether oxygens (including phenoxy) is 1. The number of hydrogen-bond acceptors (Lipinski definition) is 7. The Bertz CT molecular complexity index is 2250. The molecule has 0 radical (unpaired) electrons. The summed E-state index contributed by atoms with van der Waals surface area (Å²) in [6, 6.07) is 28.1. The van der Waals surface area contributed by atoms with Crippen LogP contribution in [0.5, 0.6) is 5.75 Å². The fourth-order valence-electron chi connectivity index (χ4n) is 5.84. The highest BCUT2D eigenvalue weighted by molar-refractivity contribution is 7.99. The number of hydrogen-bond donors (Lipinski definition) is 0. The maximum absolute atomic E-state index is 13.9. The number of nitro benzene ring substituents is 1. The maximum Gasteiger partial charge on any atom is 0.282 e. The van der Waals surface area contributed by atoms with E-state index in [1.54, 1.807) is 31.5 Å². The van der Waals surface area contributed by atoms with Gasteiger partial charge in [0, 0.05) is 50.1 Å². The number of aromatic nitrogens is 3. The van der Waals surface area contributed by atoms with E-state index < -0.39 is 4.92 Å². The van der Waals surface area contributed by atoms with Crippen LogP contribution in [0.15, 0.2) is 111 Å². The molecule has 0 spiro atoms. The number of aryl methyl sites for hydroxylation is 2. The molecule has 0 aliphatic rings. The number of fused-ring (bicyclic) bond motifs is 1. The van der Waals surface area contributed by atoms with Gasteiger partial charge in [-0.1, -0.05) is 37.7 Å². The number of methoxy groups -OCH3 is 1. The summed E-state index contributed by atoms with van der Waals surface area (Å²) in [5, 5.41) is 16.2. The highest BCUT2D eigenvalue weighted by Gasteiger charge is 2.19. The number of nitrogens with zero attached hydrogens (tertiary/aromatic N) is 5. The number of para-hydroxylation sites is 1. The molecule has 2 heterocycles. The van der Waals surface area contributed by atoms with E-state index in [2.05, 4.69) is 24.5 Å². The normalized spacial score (nSPS) is 11.6. The minimum Gasteiger partial charge on any atom is -0.496 e. The number of non-ortho nitro benzene ring substituents is 1. The molecule has 0 aliphatic carbocycles. The quantitative estimate of drug-likeness (QED) is 0.0874. The second kappa shape index (κ2) is 13.3. The predicted molar refractivity (Wildman–Crippen MR) is 192 cm³/mol. The molecule has 0 atom stereocenters. The Balaban J connectivity index is 1.37. The second-order valence-corrected chi connectivity index (χ2v) is 13.0. The van der Waals surface area contributed by atoms with Crippen LogP contribution in [0.1, 0.15) is 47.8 Å². The van der Waals surface area contributed by atoms with Crippen molar-refractivity contribution in [3.05, 3.63) is 140 Å². The number of rotatable bonds is 9. The van der Waals surface area contributed by atoms with Crippen LogP contribution in [0.3, 0.4) is 0 Å². The van der Waals surface area contributed by atoms with E-state index >= 15 is 0 Å². The number of nitro groups is 1. The van der Waals surface area contributed by atoms with E-state index in [9.17, 15) is 14.9 Å². The van der Waals surface area contributed by atoms with Crippen LogP contribution in [-0.2, 0) is 0 Å². The molecule has 0 aliphatic heterocycles. The van der Waals surface area contributed by atoms with Gasteiger partial charge in [0.25, 0.3) is 11.2 Å². The van der Waals surface area contributed by atoms with E-state index in [-0.39, 0.29) is 17.2 Å². The Hall–Kier alpha value is -5.48. The van der Waals surface area contributed by atoms with Gasteiger partial charge in [-0.05, 0) is 105 Å². The van der Waals surface area contributed by atoms with E-state index in [0.29, 0.717) is 16.7 Å². The molecule has 9 nitrogen and oxygen atoms in total. The lowest BCUT2D eigenvalue weighted by atomic mass is 9.96. The lowest BCUT2D eigenvalue weighted by Crippen LogP contribution is -2.21. The van der Waals surface area contributed by atoms with Crippen LogP contribution in [-0.4, -0.2) is 32.5 Å². The van der Waals surface area contributed by atoms with Gasteiger partial charge in [-0.3, -0.25) is 14.9 Å². The van der Waals surface area contributed by atoms with Crippen LogP contribution in [0, 0.1) is 30.9 Å². The van der Waals surface area contributed by atoms with Crippen molar-refractivity contribution in [2.24, 2.45) is 5.10 Å². The molecule has 0 fully saturated rings. The van der Waals surface area contributed by atoms with Crippen LogP contribution < -0.4 is 10.3 Å². The monoisotopic (exact) mass is 657 g/mol. The molecule has 242 valence electrons. The zero-order chi connectivity index (χ0) is 34.1. The van der Waals surface area contributed by atoms with Crippen LogP contribution in [0.25, 0.3) is 28.0 Å². The molecule has 10 heteroatoms. The van der Waals surface area contributed by atoms with Gasteiger partial charge in [0.15, 0.2) is 5.82 Å². The van der Waals surface area contributed by atoms with Gasteiger partial charge < -0.3 is 9.30 Å². The Labute approximate surface area is 282 Å². The van der Waals surface area contributed by atoms with Gasteiger partial charge >= 0.3 is 0 Å². The first-order valence-electron chi connectivity index (χ1n) is 15.5. The molecule has 0 saturated carbocycles. The van der Waals surface area contributed by atoms with Gasteiger partial charge in [-0.2, -0.15) is 9.78 Å². The average molecular weight is 658 g/mol. The fraction of sp³-hybridized carbons (Fsp3) is 0.184. The third-order valence-electron chi connectivity index (χ3n) is 8.35. The molecule has 0 bridgehead atoms. The molecule has 0 unspecified atom stereocenters. The van der Waals surface area contributed by atoms with Crippen molar-refractivity contribution in [3.63, 3.8) is 0 Å². The van der Waals surface area contributed by atoms with E-state index in [1.807, 2.05) is 75.4 Å². The summed E-state index contributed by atoms with van der Waals surface area (Å²) in [6.07, 6.45) is 1.72. The fourth-order valence-corrected chi connectivity index (χ4v) is 6.66. The lowest BCUT2D eigenvalue weighted by Gasteiger charge is -2.17. The molecule has 0 amide bonds. The van der Waals surface area contributed by atoms with E-state index in [4.69, 9.17) is 14.8 Å². The average Bonchev–Trinajstić information content (AvgIpc) is 3.36. The third kappa shape index (κ3) is 6.26. The van der Waals surface area contributed by atoms with Crippen molar-refractivity contribution in [1.29, 1.82) is 0 Å². The van der Waals surface area contributed by atoms with Gasteiger partial charge in [0.2, 0.25) is 0 Å². The standard InChI is InChI=1S/C38H35N5O4S/c1-23(2)33-21-34(24(3)19-36(33)47-6)37-40-35-10-8-7-9-32(35)38(44)42(37)39-22-27-20-25(4)41(26(27)5)28-11-15-30(16-12-28)48-31-17-13-29(14-18-31)43(45)46/h7-23H,1-6H3. The maximum atomic E-state index is 13.9. The summed E-state index contributed by atoms with van der Waals surface area (Å²) in [4.78, 5) is 31.4. The smallest absolute Gasteiger partial charge is 0.282 e. The van der Waals surface area contributed by atoms with Crippen molar-refractivity contribution < 1.29 is 9.66 Å². The topological polar surface area (TPSA) is 105 Å². The van der Waals surface area contributed by atoms with Gasteiger partial charge in [0.1, 0.15) is 5.75 Å². The van der Waals surface area contributed by atoms with Gasteiger partial charge in [0.05, 0.1) is 29.2 Å². The molecule has 0 N–H and O–H groups in total. The summed E-state index contributed by atoms with van der Waals surface area (Å²) in [5.41, 5.74) is 7.04. The first-order chi connectivity index (χ1) is 23.0. The van der Waals surface area contributed by atoms with Gasteiger partial charge in [-0.25, -0.2) is 4.98 Å². The molecule has 4 aromatic carbocycles. The summed E-state index contributed by atoms with van der Waals surface area (Å²) in [6.45, 7) is 10.3. The minimum absolute atomic E-state index is 0.0710. The van der Waals surface area contributed by atoms with Crippen molar-refractivity contribution in [1.82, 2.24) is 14.2 Å². The highest BCUT2D eigenvalue weighted by Crippen LogP contribution is 2.34. The Morgan fingerprint density at radius 1 is 0.938 bits per heavy atom. The van der Waals surface area contributed by atoms with Crippen LogP contribution in [0.2, 0.25) is 0 Å². The predicted octanol–water partition coefficient (Wildman–Crippen LogP) is 8.85.